The summed E-state index contributed by atoms with van der Waals surface area (Å²) < 4.78 is 19.9. The second-order valence-electron chi connectivity index (χ2n) is 6.32. The molecule has 3 aromatic rings. The Balaban J connectivity index is 1.47. The highest BCUT2D eigenvalue weighted by Gasteiger charge is 2.21. The van der Waals surface area contributed by atoms with Gasteiger partial charge in [0.05, 0.1) is 6.54 Å². The minimum Gasteiger partial charge on any atom is -0.451 e. The van der Waals surface area contributed by atoms with E-state index in [1.165, 1.54) is 12.1 Å². The number of furan rings is 1. The molecule has 1 aromatic heterocycles. The van der Waals surface area contributed by atoms with Gasteiger partial charge in [0.2, 0.25) is 0 Å². The van der Waals surface area contributed by atoms with Gasteiger partial charge in [-0.15, -0.1) is 0 Å². The van der Waals surface area contributed by atoms with E-state index in [1.54, 1.807) is 35.7 Å². The molecule has 0 saturated carbocycles. The van der Waals surface area contributed by atoms with Crippen molar-refractivity contribution in [2.45, 2.75) is 12.2 Å². The summed E-state index contributed by atoms with van der Waals surface area (Å²) in [4.78, 5) is 17.2. The molecule has 7 heteroatoms. The largest absolute Gasteiger partial charge is 0.451 e. The number of aliphatic imine (C=N–C) groups is 1. The van der Waals surface area contributed by atoms with Crippen LogP contribution in [0.4, 0.5) is 4.39 Å². The first kappa shape index (κ1) is 19.1. The first-order valence-electron chi connectivity index (χ1n) is 9.04. The van der Waals surface area contributed by atoms with E-state index in [0.29, 0.717) is 30.1 Å². The van der Waals surface area contributed by atoms with E-state index in [0.717, 1.165) is 33.2 Å². The summed E-state index contributed by atoms with van der Waals surface area (Å²) in [5, 5.41) is 3.88. The van der Waals surface area contributed by atoms with Crippen LogP contribution in [0.15, 0.2) is 57.9 Å². The number of amides is 1. The predicted molar refractivity (Wildman–Crippen MR) is 115 cm³/mol. The molecule has 4 nitrogen and oxygen atoms in total. The van der Waals surface area contributed by atoms with E-state index in [2.05, 4.69) is 10.3 Å². The minimum atomic E-state index is -0.262. The van der Waals surface area contributed by atoms with Gasteiger partial charge in [-0.2, -0.15) is 0 Å². The van der Waals surface area contributed by atoms with Crippen LogP contribution in [0.2, 0.25) is 0 Å². The Morgan fingerprint density at radius 2 is 2.04 bits per heavy atom. The quantitative estimate of drug-likeness (QED) is 0.625. The Bertz CT molecular complexity index is 1010. The van der Waals surface area contributed by atoms with Gasteiger partial charge in [-0.1, -0.05) is 53.9 Å². The van der Waals surface area contributed by atoms with Crippen LogP contribution in [-0.2, 0) is 12.2 Å². The summed E-state index contributed by atoms with van der Waals surface area (Å²) in [5.41, 5.74) is 2.58. The van der Waals surface area contributed by atoms with E-state index in [-0.39, 0.29) is 11.7 Å². The summed E-state index contributed by atoms with van der Waals surface area (Å²) in [6, 6.07) is 14.0. The lowest BCUT2D eigenvalue weighted by Crippen LogP contribution is -2.26. The van der Waals surface area contributed by atoms with E-state index >= 15 is 0 Å². The second-order valence-corrected chi connectivity index (χ2v) is 8.63. The van der Waals surface area contributed by atoms with Crippen molar-refractivity contribution in [2.75, 3.05) is 18.8 Å². The van der Waals surface area contributed by atoms with Gasteiger partial charge in [-0.25, -0.2) is 4.39 Å². The molecule has 144 valence electrons. The maximum atomic E-state index is 13.0. The predicted octanol–water partition coefficient (Wildman–Crippen LogP) is 4.88. The molecule has 0 spiro atoms. The highest BCUT2D eigenvalue weighted by Crippen LogP contribution is 2.32. The number of nitrogens with one attached hydrogen (secondary N) is 1. The number of fused-ring (bicyclic) bond motifs is 1. The highest BCUT2D eigenvalue weighted by molar-refractivity contribution is 8.38. The summed E-state index contributed by atoms with van der Waals surface area (Å²) in [7, 11) is 0. The number of carbonyl (C=O) groups excluding carboxylic acids is 1. The standard InChI is InChI=1S/C21H19FN2O2S2/c22-15-7-5-14(6-8-15)9-10-23-20(25)19-17(13-28-21-24-11-12-27-21)16-3-1-2-4-18(16)26-19/h1-8H,9-13H2,(H,23,25). The molecule has 0 saturated heterocycles. The van der Waals surface area contributed by atoms with Crippen molar-refractivity contribution in [1.82, 2.24) is 5.32 Å². The fraction of sp³-hybridized carbons (Fsp3) is 0.238. The third-order valence-electron chi connectivity index (χ3n) is 4.41. The van der Waals surface area contributed by atoms with Crippen molar-refractivity contribution in [3.8, 4) is 0 Å². The number of hydrogen-bond acceptors (Lipinski definition) is 5. The Hall–Kier alpha value is -2.25. The SMILES string of the molecule is O=C(NCCc1ccc(F)cc1)c1oc2ccccc2c1CSC1=NCCS1. The maximum absolute atomic E-state index is 13.0. The lowest BCUT2D eigenvalue weighted by Gasteiger charge is -2.06. The first-order chi connectivity index (χ1) is 13.7. The Morgan fingerprint density at radius 3 is 2.82 bits per heavy atom. The van der Waals surface area contributed by atoms with E-state index in [4.69, 9.17) is 4.42 Å². The number of carbonyl (C=O) groups is 1. The fourth-order valence-electron chi connectivity index (χ4n) is 3.01. The van der Waals surface area contributed by atoms with E-state index in [9.17, 15) is 9.18 Å². The molecule has 0 radical (unpaired) electrons. The van der Waals surface area contributed by atoms with Crippen LogP contribution in [0.3, 0.4) is 0 Å². The van der Waals surface area contributed by atoms with Crippen LogP contribution in [0.1, 0.15) is 21.7 Å². The van der Waals surface area contributed by atoms with E-state index in [1.807, 2.05) is 24.3 Å². The molecule has 4 rings (SSSR count). The number of rotatable bonds is 6. The molecular weight excluding hydrogens is 395 g/mol. The number of benzene rings is 2. The van der Waals surface area contributed by atoms with Gasteiger partial charge in [-0.05, 0) is 30.2 Å². The molecule has 2 aromatic carbocycles. The molecule has 2 heterocycles. The van der Waals surface area contributed by atoms with Crippen molar-refractivity contribution in [1.29, 1.82) is 0 Å². The Labute approximate surface area is 171 Å². The summed E-state index contributed by atoms with van der Waals surface area (Å²) in [6.45, 7) is 1.31. The number of nitrogens with zero attached hydrogens (tertiary/aromatic N) is 1. The van der Waals surface area contributed by atoms with Gasteiger partial charge in [0.15, 0.2) is 5.76 Å². The van der Waals surface area contributed by atoms with E-state index < -0.39 is 0 Å². The smallest absolute Gasteiger partial charge is 0.287 e. The zero-order valence-corrected chi connectivity index (χ0v) is 16.7. The molecule has 28 heavy (non-hydrogen) atoms. The summed E-state index contributed by atoms with van der Waals surface area (Å²) in [5.74, 6) is 1.53. The maximum Gasteiger partial charge on any atom is 0.287 e. The second kappa shape index (κ2) is 8.84. The fourth-order valence-corrected chi connectivity index (χ4v) is 5.05. The van der Waals surface area contributed by atoms with Crippen molar-refractivity contribution in [3.05, 3.63) is 71.2 Å². The third kappa shape index (κ3) is 4.42. The number of thioether (sulfide) groups is 2. The van der Waals surface area contributed by atoms with Crippen molar-refractivity contribution in [3.63, 3.8) is 0 Å². The van der Waals surface area contributed by atoms with Gasteiger partial charge in [-0.3, -0.25) is 9.79 Å². The minimum absolute atomic E-state index is 0.227. The van der Waals surface area contributed by atoms with Gasteiger partial charge < -0.3 is 9.73 Å². The van der Waals surface area contributed by atoms with Crippen LogP contribution in [0.5, 0.6) is 0 Å². The third-order valence-corrected chi connectivity index (χ3v) is 6.69. The average molecular weight is 415 g/mol. The van der Waals surface area contributed by atoms with Crippen LogP contribution in [0, 0.1) is 5.82 Å². The average Bonchev–Trinajstić information content (AvgIpc) is 3.35. The summed E-state index contributed by atoms with van der Waals surface area (Å²) in [6.07, 6.45) is 0.629. The molecule has 0 atom stereocenters. The molecule has 0 unspecified atom stereocenters. The van der Waals surface area contributed by atoms with Crippen LogP contribution >= 0.6 is 23.5 Å². The Morgan fingerprint density at radius 1 is 1.21 bits per heavy atom. The monoisotopic (exact) mass is 414 g/mol. The molecular formula is C21H19FN2O2S2. The van der Waals surface area contributed by atoms with Gasteiger partial charge in [0, 0.05) is 29.0 Å². The van der Waals surface area contributed by atoms with Gasteiger partial charge in [0.25, 0.3) is 5.91 Å². The molecule has 0 fully saturated rings. The number of halogens is 1. The van der Waals surface area contributed by atoms with Gasteiger partial charge >= 0.3 is 0 Å². The van der Waals surface area contributed by atoms with Gasteiger partial charge in [0.1, 0.15) is 15.8 Å². The number of para-hydroxylation sites is 1. The van der Waals surface area contributed by atoms with Crippen molar-refractivity contribution < 1.29 is 13.6 Å². The molecule has 1 aliphatic heterocycles. The van der Waals surface area contributed by atoms with Crippen LogP contribution in [-0.4, -0.2) is 29.1 Å². The first-order valence-corrected chi connectivity index (χ1v) is 11.0. The zero-order chi connectivity index (χ0) is 19.3. The van der Waals surface area contributed by atoms with Crippen LogP contribution in [0.25, 0.3) is 11.0 Å². The molecule has 0 bridgehead atoms. The lowest BCUT2D eigenvalue weighted by atomic mass is 10.1. The topological polar surface area (TPSA) is 54.6 Å². The number of hydrogen-bond donors (Lipinski definition) is 1. The lowest BCUT2D eigenvalue weighted by molar-refractivity contribution is 0.0927. The zero-order valence-electron chi connectivity index (χ0n) is 15.1. The summed E-state index contributed by atoms with van der Waals surface area (Å²) >= 11 is 3.40. The normalized spacial score (nSPS) is 13.7. The molecule has 1 N–H and O–H groups in total. The Kier molecular flexibility index (Phi) is 6.02. The molecule has 0 aliphatic carbocycles. The molecule has 1 amide bonds. The van der Waals surface area contributed by atoms with Crippen molar-refractivity contribution in [2.24, 2.45) is 4.99 Å². The highest BCUT2D eigenvalue weighted by atomic mass is 32.2. The van der Waals surface area contributed by atoms with Crippen LogP contribution < -0.4 is 5.32 Å². The van der Waals surface area contributed by atoms with Crippen molar-refractivity contribution >= 4 is 44.8 Å². The molecule has 1 aliphatic rings.